The number of fused-ring (bicyclic) bond motifs is 1. The molecule has 0 atom stereocenters. The van der Waals surface area contributed by atoms with Gasteiger partial charge in [-0.2, -0.15) is 0 Å². The molecule has 28 heavy (non-hydrogen) atoms. The summed E-state index contributed by atoms with van der Waals surface area (Å²) in [6.45, 7) is 2.50. The lowest BCUT2D eigenvalue weighted by atomic mass is 9.88. The van der Waals surface area contributed by atoms with Crippen LogP contribution in [0.2, 0.25) is 0 Å². The second kappa shape index (κ2) is 8.13. The van der Waals surface area contributed by atoms with E-state index in [0.29, 0.717) is 12.3 Å². The van der Waals surface area contributed by atoms with E-state index in [9.17, 15) is 4.79 Å². The van der Waals surface area contributed by atoms with Crippen LogP contribution in [0.3, 0.4) is 0 Å². The Hall–Kier alpha value is -3.33. The standard InChI is InChI=1S/C25H23NO2/c1-18-21-14-8-9-15-23(21)28-24(18)25(27)26-17-16-22(19-10-4-2-5-11-19)20-12-6-3-7-13-20/h2-15,22H,16-17H2,1H3,(H,26,27). The van der Waals surface area contributed by atoms with Gasteiger partial charge in [-0.25, -0.2) is 0 Å². The van der Waals surface area contributed by atoms with Crippen molar-refractivity contribution in [3.05, 3.63) is 107 Å². The fourth-order valence-corrected chi connectivity index (χ4v) is 3.70. The molecule has 0 aliphatic heterocycles. The van der Waals surface area contributed by atoms with Crippen LogP contribution in [0.1, 0.15) is 39.6 Å². The first-order valence-electron chi connectivity index (χ1n) is 9.60. The normalized spacial score (nSPS) is 11.1. The molecule has 0 saturated heterocycles. The molecule has 3 heteroatoms. The lowest BCUT2D eigenvalue weighted by molar-refractivity contribution is 0.0926. The van der Waals surface area contributed by atoms with Gasteiger partial charge in [-0.05, 0) is 30.5 Å². The van der Waals surface area contributed by atoms with Crippen LogP contribution >= 0.6 is 0 Å². The Kier molecular flexibility index (Phi) is 5.24. The van der Waals surface area contributed by atoms with Crippen molar-refractivity contribution >= 4 is 16.9 Å². The summed E-state index contributed by atoms with van der Waals surface area (Å²) in [7, 11) is 0. The molecule has 4 aromatic rings. The SMILES string of the molecule is Cc1c(C(=O)NCCC(c2ccccc2)c2ccccc2)oc2ccccc12. The first kappa shape index (κ1) is 18.1. The van der Waals surface area contributed by atoms with Crippen molar-refractivity contribution in [3.8, 4) is 0 Å². The van der Waals surface area contributed by atoms with Crippen molar-refractivity contribution in [1.82, 2.24) is 5.32 Å². The summed E-state index contributed by atoms with van der Waals surface area (Å²) in [5.41, 5.74) is 4.14. The summed E-state index contributed by atoms with van der Waals surface area (Å²) < 4.78 is 5.78. The third-order valence-corrected chi connectivity index (χ3v) is 5.17. The largest absolute Gasteiger partial charge is 0.451 e. The lowest BCUT2D eigenvalue weighted by Gasteiger charge is -2.18. The zero-order valence-electron chi connectivity index (χ0n) is 15.9. The van der Waals surface area contributed by atoms with Gasteiger partial charge in [0.05, 0.1) is 0 Å². The average Bonchev–Trinajstić information content (AvgIpc) is 3.09. The van der Waals surface area contributed by atoms with Crippen molar-refractivity contribution in [1.29, 1.82) is 0 Å². The van der Waals surface area contributed by atoms with E-state index in [4.69, 9.17) is 4.42 Å². The Morgan fingerprint density at radius 1 is 0.857 bits per heavy atom. The quantitative estimate of drug-likeness (QED) is 0.474. The van der Waals surface area contributed by atoms with Crippen molar-refractivity contribution in [3.63, 3.8) is 0 Å². The van der Waals surface area contributed by atoms with Gasteiger partial charge < -0.3 is 9.73 Å². The first-order chi connectivity index (χ1) is 13.7. The van der Waals surface area contributed by atoms with Crippen LogP contribution in [0.15, 0.2) is 89.3 Å². The molecule has 0 bridgehead atoms. The minimum Gasteiger partial charge on any atom is -0.451 e. The zero-order valence-corrected chi connectivity index (χ0v) is 15.9. The maximum absolute atomic E-state index is 12.7. The number of amides is 1. The van der Waals surface area contributed by atoms with Crippen molar-refractivity contribution < 1.29 is 9.21 Å². The van der Waals surface area contributed by atoms with Crippen LogP contribution < -0.4 is 5.32 Å². The highest BCUT2D eigenvalue weighted by Crippen LogP contribution is 2.28. The molecule has 1 N–H and O–H groups in total. The number of hydrogen-bond acceptors (Lipinski definition) is 2. The third kappa shape index (κ3) is 3.70. The van der Waals surface area contributed by atoms with Crippen LogP contribution in [0.25, 0.3) is 11.0 Å². The van der Waals surface area contributed by atoms with Crippen LogP contribution in [0.4, 0.5) is 0 Å². The fraction of sp³-hybridized carbons (Fsp3) is 0.160. The first-order valence-corrected chi connectivity index (χ1v) is 9.60. The second-order valence-electron chi connectivity index (χ2n) is 6.97. The van der Waals surface area contributed by atoms with Gasteiger partial charge in [-0.15, -0.1) is 0 Å². The molecule has 1 heterocycles. The van der Waals surface area contributed by atoms with Crippen LogP contribution in [-0.4, -0.2) is 12.5 Å². The summed E-state index contributed by atoms with van der Waals surface area (Å²) in [5, 5.41) is 4.02. The van der Waals surface area contributed by atoms with E-state index in [0.717, 1.165) is 23.0 Å². The number of furan rings is 1. The molecule has 0 radical (unpaired) electrons. The minimum atomic E-state index is -0.159. The van der Waals surface area contributed by atoms with Gasteiger partial charge >= 0.3 is 0 Å². The number of rotatable bonds is 6. The number of carbonyl (C=O) groups excluding carboxylic acids is 1. The Bertz CT molecular complexity index is 1030. The van der Waals surface area contributed by atoms with Gasteiger partial charge in [-0.3, -0.25) is 4.79 Å². The number of hydrogen-bond donors (Lipinski definition) is 1. The van der Waals surface area contributed by atoms with Crippen LogP contribution in [0.5, 0.6) is 0 Å². The smallest absolute Gasteiger partial charge is 0.287 e. The number of para-hydroxylation sites is 1. The second-order valence-corrected chi connectivity index (χ2v) is 6.97. The maximum Gasteiger partial charge on any atom is 0.287 e. The Morgan fingerprint density at radius 3 is 2.04 bits per heavy atom. The molecule has 4 rings (SSSR count). The van der Waals surface area contributed by atoms with Gasteiger partial charge in [0.1, 0.15) is 5.58 Å². The molecule has 0 aliphatic carbocycles. The molecule has 3 aromatic carbocycles. The van der Waals surface area contributed by atoms with Crippen LogP contribution in [-0.2, 0) is 0 Å². The highest BCUT2D eigenvalue weighted by atomic mass is 16.3. The summed E-state index contributed by atoms with van der Waals surface area (Å²) in [5.74, 6) is 0.477. The number of carbonyl (C=O) groups is 1. The monoisotopic (exact) mass is 369 g/mol. The summed E-state index contributed by atoms with van der Waals surface area (Å²) >= 11 is 0. The van der Waals surface area contributed by atoms with Crippen LogP contribution in [0, 0.1) is 6.92 Å². The Labute approximate surface area is 165 Å². The third-order valence-electron chi connectivity index (χ3n) is 5.17. The topological polar surface area (TPSA) is 42.2 Å². The van der Waals surface area contributed by atoms with E-state index in [1.807, 2.05) is 43.3 Å². The molecular formula is C25H23NO2. The molecule has 1 aromatic heterocycles. The van der Waals surface area contributed by atoms with E-state index in [2.05, 4.69) is 53.8 Å². The molecule has 0 fully saturated rings. The van der Waals surface area contributed by atoms with Gasteiger partial charge in [0, 0.05) is 23.4 Å². The van der Waals surface area contributed by atoms with E-state index in [-0.39, 0.29) is 11.8 Å². The molecule has 0 spiro atoms. The highest BCUT2D eigenvalue weighted by molar-refractivity contribution is 5.98. The molecule has 0 saturated carbocycles. The Morgan fingerprint density at radius 2 is 1.43 bits per heavy atom. The van der Waals surface area contributed by atoms with E-state index < -0.39 is 0 Å². The maximum atomic E-state index is 12.7. The lowest BCUT2D eigenvalue weighted by Crippen LogP contribution is -2.26. The molecule has 3 nitrogen and oxygen atoms in total. The summed E-state index contributed by atoms with van der Waals surface area (Å²) in [6.07, 6.45) is 0.818. The highest BCUT2D eigenvalue weighted by Gasteiger charge is 2.18. The molecule has 140 valence electrons. The summed E-state index contributed by atoms with van der Waals surface area (Å²) in [4.78, 5) is 12.7. The number of aryl methyl sites for hydroxylation is 1. The van der Waals surface area contributed by atoms with Crippen molar-refractivity contribution in [2.24, 2.45) is 0 Å². The molecule has 0 aliphatic rings. The molecule has 0 unspecified atom stereocenters. The van der Waals surface area contributed by atoms with Gasteiger partial charge in [-0.1, -0.05) is 78.9 Å². The van der Waals surface area contributed by atoms with Gasteiger partial charge in [0.25, 0.3) is 5.91 Å². The van der Waals surface area contributed by atoms with Gasteiger partial charge in [0.15, 0.2) is 5.76 Å². The number of benzene rings is 3. The number of nitrogens with one attached hydrogen (secondary N) is 1. The zero-order chi connectivity index (χ0) is 19.3. The van der Waals surface area contributed by atoms with Crippen molar-refractivity contribution in [2.45, 2.75) is 19.3 Å². The van der Waals surface area contributed by atoms with Gasteiger partial charge in [0.2, 0.25) is 0 Å². The fourth-order valence-electron chi connectivity index (χ4n) is 3.70. The van der Waals surface area contributed by atoms with E-state index in [1.54, 1.807) is 0 Å². The average molecular weight is 369 g/mol. The van der Waals surface area contributed by atoms with E-state index >= 15 is 0 Å². The molecule has 1 amide bonds. The minimum absolute atomic E-state index is 0.159. The Balaban J connectivity index is 1.48. The summed E-state index contributed by atoms with van der Waals surface area (Å²) in [6, 6.07) is 28.6. The predicted octanol–water partition coefficient (Wildman–Crippen LogP) is 5.69. The van der Waals surface area contributed by atoms with Crippen molar-refractivity contribution in [2.75, 3.05) is 6.54 Å². The van der Waals surface area contributed by atoms with E-state index in [1.165, 1.54) is 11.1 Å². The predicted molar refractivity (Wildman–Crippen MR) is 113 cm³/mol. The molecular weight excluding hydrogens is 346 g/mol.